The molecular weight excluding hydrogens is 316 g/mol. The van der Waals surface area contributed by atoms with Crippen molar-refractivity contribution in [2.75, 3.05) is 26.2 Å². The Bertz CT molecular complexity index is 512. The summed E-state index contributed by atoms with van der Waals surface area (Å²) in [6.45, 7) is 17.4. The van der Waals surface area contributed by atoms with Gasteiger partial charge in [0.15, 0.2) is 0 Å². The molecule has 1 rings (SSSR count). The molecule has 1 aliphatic rings. The smallest absolute Gasteiger partial charge is 0.267 e. The van der Waals surface area contributed by atoms with Crippen LogP contribution < -0.4 is 10.6 Å². The predicted octanol–water partition coefficient (Wildman–Crippen LogP) is 1.85. The molecule has 1 heterocycles. The summed E-state index contributed by atoms with van der Waals surface area (Å²) in [6.07, 6.45) is 2.85. The van der Waals surface area contributed by atoms with Crippen LogP contribution in [0.25, 0.3) is 0 Å². The molecule has 0 aliphatic carbocycles. The van der Waals surface area contributed by atoms with Gasteiger partial charge in [0.25, 0.3) is 5.91 Å². The monoisotopic (exact) mass is 350 g/mol. The number of likely N-dealkylation sites (N-methyl/N-ethyl adjacent to an activating group) is 1. The van der Waals surface area contributed by atoms with Gasteiger partial charge in [0, 0.05) is 31.2 Å². The fourth-order valence-electron chi connectivity index (χ4n) is 3.19. The third-order valence-corrected chi connectivity index (χ3v) is 4.63. The molecule has 0 aromatic carbocycles. The Balaban J connectivity index is 2.73. The van der Waals surface area contributed by atoms with E-state index in [0.29, 0.717) is 18.7 Å². The third kappa shape index (κ3) is 5.88. The number of piperazine rings is 1. The van der Waals surface area contributed by atoms with Gasteiger partial charge in [0.2, 0.25) is 5.91 Å². The standard InChI is InChI=1S/C19H34N4O2/c1-7-15(6)23-16(12-20-19(25)17(23)8-2)11-18(24)21-14(5)13-22(9-3)10-4/h8,14,16H,6-7,9-13H2,1-5H3,(H,20,25)(H,21,24). The molecule has 1 fully saturated rings. The number of nitrogens with one attached hydrogen (secondary N) is 2. The Hall–Kier alpha value is -1.82. The zero-order valence-corrected chi connectivity index (χ0v) is 16.4. The maximum Gasteiger partial charge on any atom is 0.267 e. The number of nitrogens with zero attached hydrogens (tertiary/aromatic N) is 2. The van der Waals surface area contributed by atoms with E-state index in [4.69, 9.17) is 0 Å². The van der Waals surface area contributed by atoms with Crippen LogP contribution in [0.4, 0.5) is 0 Å². The predicted molar refractivity (Wildman–Crippen MR) is 102 cm³/mol. The molecule has 2 amide bonds. The minimum atomic E-state index is -0.108. The Labute approximate surface area is 152 Å². The van der Waals surface area contributed by atoms with Gasteiger partial charge in [-0.2, -0.15) is 0 Å². The van der Waals surface area contributed by atoms with Crippen LogP contribution in [0.3, 0.4) is 0 Å². The van der Waals surface area contributed by atoms with Gasteiger partial charge in [-0.15, -0.1) is 0 Å². The van der Waals surface area contributed by atoms with Crippen LogP contribution in [-0.4, -0.2) is 59.9 Å². The minimum Gasteiger partial charge on any atom is -0.352 e. The van der Waals surface area contributed by atoms with Crippen LogP contribution in [-0.2, 0) is 9.59 Å². The molecule has 6 heteroatoms. The van der Waals surface area contributed by atoms with Gasteiger partial charge < -0.3 is 20.4 Å². The van der Waals surface area contributed by atoms with E-state index < -0.39 is 0 Å². The first kappa shape index (κ1) is 21.2. The fourth-order valence-corrected chi connectivity index (χ4v) is 3.19. The molecule has 1 aliphatic heterocycles. The van der Waals surface area contributed by atoms with E-state index in [-0.39, 0.29) is 23.9 Å². The molecule has 1 saturated heterocycles. The SMILES string of the molecule is C=C(CC)N1C(=CC)C(=O)NCC1CC(=O)NC(C)CN(CC)CC. The lowest BCUT2D eigenvalue weighted by atomic mass is 10.0. The van der Waals surface area contributed by atoms with Crippen LogP contribution in [0, 0.1) is 0 Å². The molecule has 0 radical (unpaired) electrons. The average Bonchev–Trinajstić information content (AvgIpc) is 2.59. The van der Waals surface area contributed by atoms with E-state index in [0.717, 1.165) is 31.8 Å². The lowest BCUT2D eigenvalue weighted by Gasteiger charge is -2.39. The molecule has 6 nitrogen and oxygen atoms in total. The summed E-state index contributed by atoms with van der Waals surface area (Å²) in [5.41, 5.74) is 1.43. The summed E-state index contributed by atoms with van der Waals surface area (Å²) in [5.74, 6) is -0.103. The summed E-state index contributed by atoms with van der Waals surface area (Å²) >= 11 is 0. The van der Waals surface area contributed by atoms with Crippen LogP contribution >= 0.6 is 0 Å². The van der Waals surface area contributed by atoms with Gasteiger partial charge in [-0.1, -0.05) is 33.4 Å². The highest BCUT2D eigenvalue weighted by Crippen LogP contribution is 2.23. The van der Waals surface area contributed by atoms with Gasteiger partial charge in [0.1, 0.15) is 5.70 Å². The molecule has 25 heavy (non-hydrogen) atoms. The summed E-state index contributed by atoms with van der Waals surface area (Å²) < 4.78 is 0. The highest BCUT2D eigenvalue weighted by atomic mass is 16.2. The van der Waals surface area contributed by atoms with E-state index in [1.807, 2.05) is 25.7 Å². The van der Waals surface area contributed by atoms with E-state index in [1.165, 1.54) is 0 Å². The lowest BCUT2D eigenvalue weighted by Crippen LogP contribution is -2.54. The quantitative estimate of drug-likeness (QED) is 0.623. The van der Waals surface area contributed by atoms with Crippen molar-refractivity contribution in [1.29, 1.82) is 0 Å². The fraction of sp³-hybridized carbons (Fsp3) is 0.684. The molecule has 2 atom stereocenters. The number of carbonyl (C=O) groups excluding carboxylic acids is 2. The Morgan fingerprint density at radius 2 is 2.08 bits per heavy atom. The molecule has 142 valence electrons. The second-order valence-electron chi connectivity index (χ2n) is 6.49. The van der Waals surface area contributed by atoms with Crippen molar-refractivity contribution < 1.29 is 9.59 Å². The maximum atomic E-state index is 12.5. The molecule has 2 unspecified atom stereocenters. The zero-order chi connectivity index (χ0) is 19.0. The van der Waals surface area contributed by atoms with Crippen LogP contribution in [0.2, 0.25) is 0 Å². The van der Waals surface area contributed by atoms with E-state index >= 15 is 0 Å². The second kappa shape index (κ2) is 10.2. The normalized spacial score (nSPS) is 20.6. The minimum absolute atomic E-state index is 0.00478. The van der Waals surface area contributed by atoms with Gasteiger partial charge in [0.05, 0.1) is 6.04 Å². The number of hydrogen-bond acceptors (Lipinski definition) is 4. The summed E-state index contributed by atoms with van der Waals surface area (Å²) in [4.78, 5) is 28.8. The Morgan fingerprint density at radius 1 is 1.44 bits per heavy atom. The van der Waals surface area contributed by atoms with Crippen LogP contribution in [0.1, 0.15) is 47.5 Å². The summed E-state index contributed by atoms with van der Waals surface area (Å²) in [6, 6.07) is -0.00778. The van der Waals surface area contributed by atoms with Crippen molar-refractivity contribution in [2.45, 2.75) is 59.5 Å². The van der Waals surface area contributed by atoms with Gasteiger partial charge >= 0.3 is 0 Å². The van der Waals surface area contributed by atoms with Gasteiger partial charge in [-0.05, 0) is 33.4 Å². The van der Waals surface area contributed by atoms with E-state index in [9.17, 15) is 9.59 Å². The molecule has 0 bridgehead atoms. The van der Waals surface area contributed by atoms with Crippen molar-refractivity contribution in [3.05, 3.63) is 24.0 Å². The van der Waals surface area contributed by atoms with Gasteiger partial charge in [-0.3, -0.25) is 9.59 Å². The van der Waals surface area contributed by atoms with E-state index in [1.54, 1.807) is 6.08 Å². The highest BCUT2D eigenvalue weighted by Gasteiger charge is 2.32. The van der Waals surface area contributed by atoms with Crippen molar-refractivity contribution in [3.8, 4) is 0 Å². The largest absolute Gasteiger partial charge is 0.352 e. The topological polar surface area (TPSA) is 64.7 Å². The maximum absolute atomic E-state index is 12.5. The summed E-state index contributed by atoms with van der Waals surface area (Å²) in [7, 11) is 0. The second-order valence-corrected chi connectivity index (χ2v) is 6.49. The third-order valence-electron chi connectivity index (χ3n) is 4.63. The number of allylic oxidation sites excluding steroid dienone is 2. The first-order valence-corrected chi connectivity index (χ1v) is 9.30. The number of amides is 2. The Morgan fingerprint density at radius 3 is 2.60 bits per heavy atom. The van der Waals surface area contributed by atoms with E-state index in [2.05, 4.69) is 36.0 Å². The van der Waals surface area contributed by atoms with Crippen molar-refractivity contribution in [3.63, 3.8) is 0 Å². The van der Waals surface area contributed by atoms with Gasteiger partial charge in [-0.25, -0.2) is 0 Å². The number of hydrogen-bond donors (Lipinski definition) is 2. The lowest BCUT2D eigenvalue weighted by molar-refractivity contribution is -0.125. The number of carbonyl (C=O) groups is 2. The molecule has 0 saturated carbocycles. The first-order chi connectivity index (χ1) is 11.9. The first-order valence-electron chi connectivity index (χ1n) is 9.30. The molecule has 2 N–H and O–H groups in total. The molecular formula is C19H34N4O2. The summed E-state index contributed by atoms with van der Waals surface area (Å²) in [5, 5.41) is 5.95. The number of rotatable bonds is 9. The molecule has 0 aromatic heterocycles. The Kier molecular flexibility index (Phi) is 8.69. The van der Waals surface area contributed by atoms with Crippen LogP contribution in [0.15, 0.2) is 24.0 Å². The molecule has 0 aromatic rings. The van der Waals surface area contributed by atoms with Crippen molar-refractivity contribution >= 4 is 11.8 Å². The zero-order valence-electron chi connectivity index (χ0n) is 16.4. The highest BCUT2D eigenvalue weighted by molar-refractivity contribution is 5.94. The average molecular weight is 351 g/mol. The van der Waals surface area contributed by atoms with Crippen molar-refractivity contribution in [1.82, 2.24) is 20.4 Å². The van der Waals surface area contributed by atoms with Crippen LogP contribution in [0.5, 0.6) is 0 Å². The van der Waals surface area contributed by atoms with Crippen molar-refractivity contribution in [2.24, 2.45) is 0 Å². The molecule has 0 spiro atoms.